The van der Waals surface area contributed by atoms with E-state index in [1.165, 1.54) is 17.0 Å². The second-order valence-electron chi connectivity index (χ2n) is 4.44. The highest BCUT2D eigenvalue weighted by Crippen LogP contribution is 2.27. The van der Waals surface area contributed by atoms with Gasteiger partial charge in [0.25, 0.3) is 0 Å². The van der Waals surface area contributed by atoms with Gasteiger partial charge in [0.2, 0.25) is 0 Å². The Morgan fingerprint density at radius 1 is 1.62 bits per heavy atom. The minimum Gasteiger partial charge on any atom is -0.443 e. The van der Waals surface area contributed by atoms with Crippen LogP contribution in [0.4, 0.5) is 20.6 Å². The van der Waals surface area contributed by atoms with E-state index in [1.54, 1.807) is 6.07 Å². The molecule has 0 aromatic heterocycles. The van der Waals surface area contributed by atoms with Gasteiger partial charge in [0.05, 0.1) is 24.5 Å². The van der Waals surface area contributed by atoms with Gasteiger partial charge in [0.1, 0.15) is 11.9 Å². The molecule has 2 atom stereocenters. The number of carbonyl (C=O) groups is 1. The normalized spacial score (nSPS) is 18.5. The fourth-order valence-corrected chi connectivity index (χ4v) is 2.42. The number of hydrogen-bond donors (Lipinski definition) is 3. The third-order valence-corrected chi connectivity index (χ3v) is 3.63. The zero-order valence-electron chi connectivity index (χ0n) is 11.2. The van der Waals surface area contributed by atoms with Crippen molar-refractivity contribution in [3.8, 4) is 0 Å². The second-order valence-corrected chi connectivity index (χ2v) is 5.16. The van der Waals surface area contributed by atoms with Gasteiger partial charge in [-0.25, -0.2) is 15.1 Å². The van der Waals surface area contributed by atoms with Crippen molar-refractivity contribution in [2.75, 3.05) is 36.1 Å². The average Bonchev–Trinajstić information content (AvgIpc) is 2.82. The first-order chi connectivity index (χ1) is 10.2. The largest absolute Gasteiger partial charge is 0.443 e. The van der Waals surface area contributed by atoms with Crippen molar-refractivity contribution >= 4 is 26.3 Å². The van der Waals surface area contributed by atoms with Crippen LogP contribution in [0.25, 0.3) is 0 Å². The Hall–Kier alpha value is -1.47. The molecule has 4 N–H and O–H groups in total. The van der Waals surface area contributed by atoms with E-state index in [1.807, 2.05) is 0 Å². The molecule has 1 aromatic rings. The number of anilines is 2. The van der Waals surface area contributed by atoms with Gasteiger partial charge in [-0.3, -0.25) is 4.90 Å². The van der Waals surface area contributed by atoms with E-state index in [4.69, 9.17) is 15.5 Å². The molecule has 1 unspecified atom stereocenters. The molecule has 1 aliphatic heterocycles. The first-order valence-corrected chi connectivity index (χ1v) is 7.51. The third-order valence-electron chi connectivity index (χ3n) is 2.99. The predicted molar refractivity (Wildman–Crippen MR) is 78.0 cm³/mol. The molecular formula is C12H17FN3O4P. The van der Waals surface area contributed by atoms with Crippen molar-refractivity contribution in [1.82, 2.24) is 0 Å². The first-order valence-electron chi connectivity index (χ1n) is 6.36. The number of hydrogen-bond acceptors (Lipinski definition) is 6. The average molecular weight is 317 g/mol. The van der Waals surface area contributed by atoms with E-state index in [0.717, 1.165) is 0 Å². The quantitative estimate of drug-likeness (QED) is 0.395. The fraction of sp³-hybridized carbons (Fsp3) is 0.417. The van der Waals surface area contributed by atoms with E-state index in [0.29, 0.717) is 30.6 Å². The summed E-state index contributed by atoms with van der Waals surface area (Å²) in [5.74, 6) is 4.40. The van der Waals surface area contributed by atoms with Crippen LogP contribution in [0.2, 0.25) is 0 Å². The molecular weight excluding hydrogens is 300 g/mol. The Kier molecular flexibility index (Phi) is 5.69. The number of rotatable bonds is 7. The maximum absolute atomic E-state index is 14.0. The molecule has 7 nitrogen and oxygen atoms in total. The van der Waals surface area contributed by atoms with Crippen molar-refractivity contribution < 1.29 is 23.7 Å². The number of nitrogens with zero attached hydrogens (tertiary/aromatic N) is 1. The highest BCUT2D eigenvalue weighted by molar-refractivity contribution is 7.31. The summed E-state index contributed by atoms with van der Waals surface area (Å²) in [5.41, 5.74) is 0.721. The Balaban J connectivity index is 2.04. The summed E-state index contributed by atoms with van der Waals surface area (Å²) in [6.07, 6.45) is -0.498. The number of amides is 1. The van der Waals surface area contributed by atoms with Crippen LogP contribution in [0.15, 0.2) is 18.2 Å². The Bertz CT molecular complexity index is 505. The number of cyclic esters (lactones) is 1. The van der Waals surface area contributed by atoms with Crippen LogP contribution in [0.1, 0.15) is 0 Å². The molecule has 21 heavy (non-hydrogen) atoms. The maximum atomic E-state index is 14.0. The monoisotopic (exact) mass is 317 g/mol. The van der Waals surface area contributed by atoms with Crippen molar-refractivity contribution in [2.45, 2.75) is 6.10 Å². The lowest BCUT2D eigenvalue weighted by atomic mass is 10.2. The highest BCUT2D eigenvalue weighted by atomic mass is 31.1. The van der Waals surface area contributed by atoms with Gasteiger partial charge in [0.15, 0.2) is 0 Å². The van der Waals surface area contributed by atoms with Crippen LogP contribution in [0.5, 0.6) is 0 Å². The molecule has 0 aliphatic carbocycles. The van der Waals surface area contributed by atoms with E-state index in [2.05, 4.69) is 10.2 Å². The summed E-state index contributed by atoms with van der Waals surface area (Å²) >= 11 is 0. The topological polar surface area (TPSA) is 97.1 Å². The van der Waals surface area contributed by atoms with Gasteiger partial charge in [-0.1, -0.05) is 0 Å². The maximum Gasteiger partial charge on any atom is 0.414 e. The number of ether oxygens (including phenoxy) is 1. The van der Waals surface area contributed by atoms with Gasteiger partial charge < -0.3 is 19.8 Å². The van der Waals surface area contributed by atoms with Crippen LogP contribution in [-0.2, 0) is 9.57 Å². The lowest BCUT2D eigenvalue weighted by Crippen LogP contribution is -2.25. The van der Waals surface area contributed by atoms with E-state index in [9.17, 15) is 9.18 Å². The highest BCUT2D eigenvalue weighted by Gasteiger charge is 2.32. The number of halogens is 1. The van der Waals surface area contributed by atoms with Crippen molar-refractivity contribution in [2.24, 2.45) is 5.90 Å². The van der Waals surface area contributed by atoms with Gasteiger partial charge in [-0.2, -0.15) is 0 Å². The molecule has 9 heteroatoms. The molecule has 1 fully saturated rings. The fourth-order valence-electron chi connectivity index (χ4n) is 2.00. The van der Waals surface area contributed by atoms with Crippen molar-refractivity contribution in [3.05, 3.63) is 24.0 Å². The van der Waals surface area contributed by atoms with Gasteiger partial charge in [-0.05, 0) is 18.2 Å². The predicted octanol–water partition coefficient (Wildman–Crippen LogP) is 1.04. The van der Waals surface area contributed by atoms with Crippen LogP contribution in [0, 0.1) is 5.82 Å². The van der Waals surface area contributed by atoms with Gasteiger partial charge in [0, 0.05) is 21.5 Å². The third kappa shape index (κ3) is 4.01. The molecule has 116 valence electrons. The molecule has 1 saturated heterocycles. The van der Waals surface area contributed by atoms with E-state index < -0.39 is 11.9 Å². The van der Waals surface area contributed by atoms with E-state index >= 15 is 0 Å². The number of carbonyl (C=O) groups excluding carboxylic acids is 1. The second kappa shape index (κ2) is 7.51. The Labute approximate surface area is 123 Å². The first kappa shape index (κ1) is 15.9. The Morgan fingerprint density at radius 2 is 2.43 bits per heavy atom. The molecule has 0 bridgehead atoms. The molecule has 0 saturated carbocycles. The standard InChI is InChI=1S/C12H17FN3O4P/c13-10-5-8(1-2-11(10)15-3-4-19-14)16-6-9(7-21-18)20-12(16)17/h1-2,5,9,15,18,21H,3-4,6-7,14H2/t9-/m1/s1. The van der Waals surface area contributed by atoms with Crippen LogP contribution in [0.3, 0.4) is 0 Å². The van der Waals surface area contributed by atoms with Crippen LogP contribution < -0.4 is 16.1 Å². The smallest absolute Gasteiger partial charge is 0.414 e. The molecule has 1 amide bonds. The zero-order chi connectivity index (χ0) is 15.2. The molecule has 0 spiro atoms. The summed E-state index contributed by atoms with van der Waals surface area (Å²) in [6.45, 7) is 0.931. The van der Waals surface area contributed by atoms with Crippen molar-refractivity contribution in [3.63, 3.8) is 0 Å². The molecule has 2 rings (SSSR count). The number of benzene rings is 1. The summed E-state index contributed by atoms with van der Waals surface area (Å²) in [5, 5.41) is 2.83. The Morgan fingerprint density at radius 3 is 3.10 bits per heavy atom. The van der Waals surface area contributed by atoms with E-state index in [-0.39, 0.29) is 21.5 Å². The number of nitrogens with two attached hydrogens (primary N) is 1. The minimum atomic E-state index is -0.533. The molecule has 0 radical (unpaired) electrons. The van der Waals surface area contributed by atoms with Crippen LogP contribution >= 0.6 is 8.81 Å². The summed E-state index contributed by atoms with van der Waals surface area (Å²) in [7, 11) is -0.286. The van der Waals surface area contributed by atoms with Crippen LogP contribution in [-0.4, -0.2) is 42.9 Å². The minimum absolute atomic E-state index is 0.253. The van der Waals surface area contributed by atoms with Gasteiger partial charge >= 0.3 is 6.09 Å². The zero-order valence-corrected chi connectivity index (χ0v) is 12.2. The van der Waals surface area contributed by atoms with Gasteiger partial charge in [-0.15, -0.1) is 0 Å². The number of nitrogens with one attached hydrogen (secondary N) is 1. The summed E-state index contributed by atoms with van der Waals surface area (Å²) < 4.78 is 19.0. The molecule has 1 aliphatic rings. The lowest BCUT2D eigenvalue weighted by Gasteiger charge is -2.14. The molecule has 1 heterocycles. The lowest BCUT2D eigenvalue weighted by molar-refractivity contribution is 0.148. The summed E-state index contributed by atoms with van der Waals surface area (Å²) in [4.78, 5) is 26.3. The molecule has 1 aromatic carbocycles. The van der Waals surface area contributed by atoms with Crippen molar-refractivity contribution in [1.29, 1.82) is 0 Å². The SMILES string of the molecule is NOCCNc1ccc(N2C[C@H](CPO)OC2=O)cc1F. The summed E-state index contributed by atoms with van der Waals surface area (Å²) in [6, 6.07) is 4.42.